The smallest absolute Gasteiger partial charge is 0.0386 e. The predicted molar refractivity (Wildman–Crippen MR) is 76.1 cm³/mol. The minimum Gasteiger partial charge on any atom is -0.0625 e. The summed E-state index contributed by atoms with van der Waals surface area (Å²) < 4.78 is 0. The Labute approximate surface area is 109 Å². The van der Waals surface area contributed by atoms with Crippen LogP contribution in [0.25, 0.3) is 0 Å². The molecule has 4 unspecified atom stereocenters. The van der Waals surface area contributed by atoms with Crippen LogP contribution in [-0.4, -0.2) is 0 Å². The lowest BCUT2D eigenvalue weighted by atomic mass is 9.87. The highest BCUT2D eigenvalue weighted by atomic mass is 14.3. The Balaban J connectivity index is 1.85. The monoisotopic (exact) mass is 236 g/mol. The fourth-order valence-electron chi connectivity index (χ4n) is 4.11. The van der Waals surface area contributed by atoms with Gasteiger partial charge in [-0.05, 0) is 36.5 Å². The predicted octanol–water partition coefficient (Wildman–Crippen LogP) is 5.81. The van der Waals surface area contributed by atoms with Crippen LogP contribution >= 0.6 is 0 Å². The third kappa shape index (κ3) is 4.30. The molecule has 0 nitrogen and oxygen atoms in total. The van der Waals surface area contributed by atoms with Crippen LogP contribution in [0.2, 0.25) is 0 Å². The van der Waals surface area contributed by atoms with Gasteiger partial charge in [0.05, 0.1) is 0 Å². The van der Waals surface area contributed by atoms with Crippen molar-refractivity contribution in [1.82, 2.24) is 0 Å². The standard InChI is InChI=1S/C17H32/c1-14-7-5-3-4-6-8-15(2)17-12-11-16(13-17)10-9-14/h14-17H,3-13H2,1-2H3. The molecule has 100 valence electrons. The molecule has 2 fully saturated rings. The van der Waals surface area contributed by atoms with Crippen LogP contribution in [0.15, 0.2) is 0 Å². The molecule has 2 aliphatic carbocycles. The molecule has 0 aromatic carbocycles. The van der Waals surface area contributed by atoms with Crippen molar-refractivity contribution in [3.05, 3.63) is 0 Å². The molecule has 2 rings (SSSR count). The number of hydrogen-bond acceptors (Lipinski definition) is 0. The molecule has 0 aromatic heterocycles. The third-order valence-electron chi connectivity index (χ3n) is 5.56. The van der Waals surface area contributed by atoms with Crippen LogP contribution in [0.1, 0.15) is 84.5 Å². The average Bonchev–Trinajstić information content (AvgIpc) is 2.79. The van der Waals surface area contributed by atoms with Crippen molar-refractivity contribution in [2.45, 2.75) is 84.5 Å². The SMILES string of the molecule is CC1CCCCCCC(C)C2CCC(CC1)C2. The summed E-state index contributed by atoms with van der Waals surface area (Å²) in [6, 6.07) is 0. The van der Waals surface area contributed by atoms with E-state index >= 15 is 0 Å². The summed E-state index contributed by atoms with van der Waals surface area (Å²) in [7, 11) is 0. The molecule has 17 heavy (non-hydrogen) atoms. The average molecular weight is 236 g/mol. The van der Waals surface area contributed by atoms with Crippen LogP contribution in [0, 0.1) is 23.7 Å². The van der Waals surface area contributed by atoms with E-state index in [1.54, 1.807) is 19.3 Å². The van der Waals surface area contributed by atoms with Crippen LogP contribution in [0.5, 0.6) is 0 Å². The first kappa shape index (κ1) is 13.4. The number of hydrogen-bond donors (Lipinski definition) is 0. The lowest BCUT2D eigenvalue weighted by molar-refractivity contribution is 0.319. The lowest BCUT2D eigenvalue weighted by Gasteiger charge is -2.19. The van der Waals surface area contributed by atoms with Gasteiger partial charge < -0.3 is 0 Å². The minimum atomic E-state index is 0.993. The summed E-state index contributed by atoms with van der Waals surface area (Å²) in [6.07, 6.45) is 16.7. The van der Waals surface area contributed by atoms with Gasteiger partial charge in [0, 0.05) is 0 Å². The summed E-state index contributed by atoms with van der Waals surface area (Å²) >= 11 is 0. The molecule has 0 aliphatic heterocycles. The zero-order chi connectivity index (χ0) is 12.1. The Morgan fingerprint density at radius 3 is 2.18 bits per heavy atom. The minimum absolute atomic E-state index is 0.993. The molecule has 0 heterocycles. The van der Waals surface area contributed by atoms with E-state index in [2.05, 4.69) is 13.8 Å². The van der Waals surface area contributed by atoms with Gasteiger partial charge in [0.1, 0.15) is 0 Å². The molecule has 0 radical (unpaired) electrons. The molecule has 2 aliphatic rings. The highest BCUT2D eigenvalue weighted by molar-refractivity contribution is 4.79. The van der Waals surface area contributed by atoms with Crippen molar-refractivity contribution >= 4 is 0 Å². The molecule has 0 spiro atoms. The third-order valence-corrected chi connectivity index (χ3v) is 5.56. The zero-order valence-electron chi connectivity index (χ0n) is 12.1. The van der Waals surface area contributed by atoms with Crippen molar-refractivity contribution in [1.29, 1.82) is 0 Å². The Bertz CT molecular complexity index is 208. The first-order valence-electron chi connectivity index (χ1n) is 8.25. The van der Waals surface area contributed by atoms with Gasteiger partial charge in [-0.25, -0.2) is 0 Å². The van der Waals surface area contributed by atoms with E-state index in [1.807, 2.05) is 0 Å². The van der Waals surface area contributed by atoms with Crippen LogP contribution in [0.3, 0.4) is 0 Å². The molecule has 0 heteroatoms. The first-order valence-corrected chi connectivity index (χ1v) is 8.25. The molecule has 0 saturated heterocycles. The van der Waals surface area contributed by atoms with Crippen molar-refractivity contribution < 1.29 is 0 Å². The molecular weight excluding hydrogens is 204 g/mol. The fraction of sp³-hybridized carbons (Fsp3) is 1.00. The van der Waals surface area contributed by atoms with Crippen molar-refractivity contribution in [3.63, 3.8) is 0 Å². The van der Waals surface area contributed by atoms with Gasteiger partial charge in [-0.3, -0.25) is 0 Å². The topological polar surface area (TPSA) is 0 Å². The van der Waals surface area contributed by atoms with Gasteiger partial charge in [-0.1, -0.05) is 71.6 Å². The number of fused-ring (bicyclic) bond motifs is 2. The summed E-state index contributed by atoms with van der Waals surface area (Å²) in [5.74, 6) is 4.17. The van der Waals surface area contributed by atoms with Gasteiger partial charge in [-0.2, -0.15) is 0 Å². The highest BCUT2D eigenvalue weighted by Gasteiger charge is 2.28. The maximum Gasteiger partial charge on any atom is -0.0386 e. The molecular formula is C17H32. The van der Waals surface area contributed by atoms with Gasteiger partial charge in [0.15, 0.2) is 0 Å². The second-order valence-corrected chi connectivity index (χ2v) is 7.09. The summed E-state index contributed by atoms with van der Waals surface area (Å²) in [6.45, 7) is 5.00. The van der Waals surface area contributed by atoms with E-state index in [0.29, 0.717) is 0 Å². The van der Waals surface area contributed by atoms with Gasteiger partial charge in [0.25, 0.3) is 0 Å². The molecule has 0 amide bonds. The summed E-state index contributed by atoms with van der Waals surface area (Å²) in [5.41, 5.74) is 0. The lowest BCUT2D eigenvalue weighted by Crippen LogP contribution is -2.08. The molecule has 0 N–H and O–H groups in total. The van der Waals surface area contributed by atoms with Crippen molar-refractivity contribution in [2.24, 2.45) is 23.7 Å². The van der Waals surface area contributed by atoms with Crippen LogP contribution in [-0.2, 0) is 0 Å². The van der Waals surface area contributed by atoms with Crippen molar-refractivity contribution in [3.8, 4) is 0 Å². The highest BCUT2D eigenvalue weighted by Crippen LogP contribution is 2.40. The molecule has 2 saturated carbocycles. The second-order valence-electron chi connectivity index (χ2n) is 7.09. The van der Waals surface area contributed by atoms with E-state index in [4.69, 9.17) is 0 Å². The maximum absolute atomic E-state index is 2.52. The molecule has 0 aromatic rings. The van der Waals surface area contributed by atoms with E-state index in [0.717, 1.165) is 23.7 Å². The zero-order valence-corrected chi connectivity index (χ0v) is 12.1. The first-order chi connectivity index (χ1) is 8.25. The second kappa shape index (κ2) is 6.81. The normalized spacial score (nSPS) is 41.3. The molecule has 2 bridgehead atoms. The quantitative estimate of drug-likeness (QED) is 0.498. The summed E-state index contributed by atoms with van der Waals surface area (Å²) in [5, 5.41) is 0. The van der Waals surface area contributed by atoms with E-state index < -0.39 is 0 Å². The Morgan fingerprint density at radius 1 is 0.647 bits per heavy atom. The largest absolute Gasteiger partial charge is 0.0625 e. The fourth-order valence-corrected chi connectivity index (χ4v) is 4.11. The Kier molecular flexibility index (Phi) is 5.38. The Morgan fingerprint density at radius 2 is 1.35 bits per heavy atom. The van der Waals surface area contributed by atoms with Gasteiger partial charge >= 0.3 is 0 Å². The number of rotatable bonds is 0. The van der Waals surface area contributed by atoms with Crippen LogP contribution < -0.4 is 0 Å². The molecule has 4 atom stereocenters. The Hall–Kier alpha value is 0. The van der Waals surface area contributed by atoms with E-state index in [-0.39, 0.29) is 0 Å². The van der Waals surface area contributed by atoms with E-state index in [1.165, 1.54) is 51.4 Å². The van der Waals surface area contributed by atoms with Crippen LogP contribution in [0.4, 0.5) is 0 Å². The van der Waals surface area contributed by atoms with Gasteiger partial charge in [0.2, 0.25) is 0 Å². The van der Waals surface area contributed by atoms with E-state index in [9.17, 15) is 0 Å². The van der Waals surface area contributed by atoms with Gasteiger partial charge in [-0.15, -0.1) is 0 Å². The maximum atomic E-state index is 2.52. The summed E-state index contributed by atoms with van der Waals surface area (Å²) in [4.78, 5) is 0. The van der Waals surface area contributed by atoms with Crippen molar-refractivity contribution in [2.75, 3.05) is 0 Å².